The van der Waals surface area contributed by atoms with Crippen molar-refractivity contribution in [1.29, 1.82) is 0 Å². The van der Waals surface area contributed by atoms with Crippen molar-refractivity contribution in [3.8, 4) is 0 Å². The minimum absolute atomic E-state index is 0.311. The summed E-state index contributed by atoms with van der Waals surface area (Å²) in [5, 5.41) is 19.3. The molecule has 0 saturated carbocycles. The number of allylic oxidation sites excluding steroid dienone is 1. The molecular weight excluding hydrogens is 295 g/mol. The van der Waals surface area contributed by atoms with Crippen LogP contribution in [0, 0.1) is 5.82 Å². The summed E-state index contributed by atoms with van der Waals surface area (Å²) >= 11 is 1.16. The molecule has 6 heteroatoms. The number of carboxylic acid groups (broad SMARTS) is 1. The van der Waals surface area contributed by atoms with Crippen LogP contribution in [0.15, 0.2) is 47.5 Å². The van der Waals surface area contributed by atoms with E-state index in [1.165, 1.54) is 12.1 Å². The highest BCUT2D eigenvalue weighted by molar-refractivity contribution is 7.12. The molecule has 0 radical (unpaired) electrons. The van der Waals surface area contributed by atoms with Crippen molar-refractivity contribution < 1.29 is 24.2 Å². The van der Waals surface area contributed by atoms with Gasteiger partial charge in [0, 0.05) is 6.08 Å². The Morgan fingerprint density at radius 2 is 1.81 bits per heavy atom. The van der Waals surface area contributed by atoms with Crippen molar-refractivity contribution in [2.24, 2.45) is 0 Å². The second-order valence-corrected chi connectivity index (χ2v) is 5.23. The minimum atomic E-state index is -1.55. The van der Waals surface area contributed by atoms with Crippen LogP contribution in [0.25, 0.3) is 0 Å². The molecule has 108 valence electrons. The summed E-state index contributed by atoms with van der Waals surface area (Å²) in [6.45, 7) is 0. The molecule has 0 spiro atoms. The number of carbonyl (C=O) groups excluding carboxylic acids is 1. The predicted octanol–water partition coefficient (Wildman–Crippen LogP) is 3.19. The average molecular weight is 306 g/mol. The first-order chi connectivity index (χ1) is 9.95. The van der Waals surface area contributed by atoms with Crippen molar-refractivity contribution >= 4 is 23.1 Å². The molecule has 0 saturated heterocycles. The molecule has 0 aliphatic carbocycles. The van der Waals surface area contributed by atoms with E-state index in [-0.39, 0.29) is 5.82 Å². The van der Waals surface area contributed by atoms with E-state index >= 15 is 0 Å². The van der Waals surface area contributed by atoms with Gasteiger partial charge in [-0.25, -0.2) is 9.18 Å². The summed E-state index contributed by atoms with van der Waals surface area (Å²) < 4.78 is 12.8. The minimum Gasteiger partial charge on any atom is -0.502 e. The Kier molecular flexibility index (Phi) is 4.49. The normalized spacial score (nSPS) is 11.4. The number of ketones is 1. The fourth-order valence-corrected chi connectivity index (χ4v) is 2.52. The van der Waals surface area contributed by atoms with Gasteiger partial charge in [0.15, 0.2) is 5.78 Å². The van der Waals surface area contributed by atoms with Crippen molar-refractivity contribution in [3.05, 3.63) is 69.4 Å². The predicted molar refractivity (Wildman–Crippen MR) is 76.2 cm³/mol. The second-order valence-electron chi connectivity index (χ2n) is 4.32. The standard InChI is InChI=1S/C15H11FO4S/c16-11-3-1-9(2-4-11)5-10-6-14(21-8-10)12(17)7-13(18)15(19)20/h1-4,6-8,18H,5H2,(H,19,20). The zero-order chi connectivity index (χ0) is 15.4. The Hall–Kier alpha value is -2.47. The van der Waals surface area contributed by atoms with Gasteiger partial charge in [-0.1, -0.05) is 12.1 Å². The second kappa shape index (κ2) is 6.32. The number of hydrogen-bond acceptors (Lipinski definition) is 4. The molecule has 2 N–H and O–H groups in total. The molecule has 2 aromatic rings. The van der Waals surface area contributed by atoms with E-state index in [2.05, 4.69) is 0 Å². The molecule has 4 nitrogen and oxygen atoms in total. The smallest absolute Gasteiger partial charge is 0.371 e. The number of aliphatic carboxylic acids is 1. The van der Waals surface area contributed by atoms with Crippen LogP contribution in [-0.4, -0.2) is 22.0 Å². The topological polar surface area (TPSA) is 74.6 Å². The van der Waals surface area contributed by atoms with Crippen LogP contribution in [0.1, 0.15) is 20.8 Å². The van der Waals surface area contributed by atoms with Gasteiger partial charge in [-0.2, -0.15) is 0 Å². The molecule has 1 aromatic heterocycles. The first-order valence-corrected chi connectivity index (χ1v) is 6.84. The number of hydrogen-bond donors (Lipinski definition) is 2. The fourth-order valence-electron chi connectivity index (χ4n) is 1.69. The van der Waals surface area contributed by atoms with Gasteiger partial charge in [0.25, 0.3) is 0 Å². The maximum absolute atomic E-state index is 12.8. The number of aliphatic hydroxyl groups is 1. The Morgan fingerprint density at radius 3 is 2.43 bits per heavy atom. The van der Waals surface area contributed by atoms with Crippen molar-refractivity contribution in [1.82, 2.24) is 0 Å². The third-order valence-electron chi connectivity index (χ3n) is 2.71. The highest BCUT2D eigenvalue weighted by Gasteiger charge is 2.12. The SMILES string of the molecule is O=C(O)C(O)=CC(=O)c1cc(Cc2ccc(F)cc2)cs1. The summed E-state index contributed by atoms with van der Waals surface area (Å²) in [5.74, 6) is -3.42. The molecule has 1 heterocycles. The van der Waals surface area contributed by atoms with E-state index in [0.29, 0.717) is 17.4 Å². The molecule has 0 fully saturated rings. The zero-order valence-corrected chi connectivity index (χ0v) is 11.6. The molecule has 1 aromatic carbocycles. The number of carboxylic acids is 1. The zero-order valence-electron chi connectivity index (χ0n) is 10.7. The van der Waals surface area contributed by atoms with Gasteiger partial charge in [-0.3, -0.25) is 4.79 Å². The number of halogens is 1. The van der Waals surface area contributed by atoms with Gasteiger partial charge in [0.05, 0.1) is 4.88 Å². The van der Waals surface area contributed by atoms with Gasteiger partial charge in [-0.05, 0) is 41.1 Å². The van der Waals surface area contributed by atoms with Gasteiger partial charge in [0.2, 0.25) is 5.76 Å². The molecule has 0 aliphatic rings. The quantitative estimate of drug-likeness (QED) is 0.505. The molecule has 2 rings (SSSR count). The maximum atomic E-state index is 12.8. The summed E-state index contributed by atoms with van der Waals surface area (Å²) in [5.41, 5.74) is 1.76. The van der Waals surface area contributed by atoms with E-state index in [1.807, 2.05) is 0 Å². The average Bonchev–Trinajstić information content (AvgIpc) is 2.90. The third-order valence-corrected chi connectivity index (χ3v) is 3.70. The Morgan fingerprint density at radius 1 is 1.14 bits per heavy atom. The molecular formula is C15H11FO4S. The number of rotatable bonds is 5. The summed E-state index contributed by atoms with van der Waals surface area (Å²) in [7, 11) is 0. The van der Waals surface area contributed by atoms with Crippen LogP contribution in [0.4, 0.5) is 4.39 Å². The fraction of sp³-hybridized carbons (Fsp3) is 0.0667. The van der Waals surface area contributed by atoms with Crippen LogP contribution in [-0.2, 0) is 11.2 Å². The van der Waals surface area contributed by atoms with Crippen molar-refractivity contribution in [3.63, 3.8) is 0 Å². The lowest BCUT2D eigenvalue weighted by molar-refractivity contribution is -0.135. The van der Waals surface area contributed by atoms with Crippen LogP contribution >= 0.6 is 11.3 Å². The lowest BCUT2D eigenvalue weighted by Gasteiger charge is -1.98. The summed E-state index contributed by atoms with van der Waals surface area (Å²) in [6.07, 6.45) is 1.22. The molecule has 0 aliphatic heterocycles. The van der Waals surface area contributed by atoms with Crippen LogP contribution in [0.3, 0.4) is 0 Å². The van der Waals surface area contributed by atoms with E-state index in [9.17, 15) is 14.0 Å². The number of benzene rings is 1. The van der Waals surface area contributed by atoms with Crippen molar-refractivity contribution in [2.45, 2.75) is 6.42 Å². The van der Waals surface area contributed by atoms with Gasteiger partial charge in [-0.15, -0.1) is 11.3 Å². The van der Waals surface area contributed by atoms with E-state index in [0.717, 1.165) is 22.5 Å². The van der Waals surface area contributed by atoms with Gasteiger partial charge < -0.3 is 10.2 Å². The van der Waals surface area contributed by atoms with Crippen LogP contribution in [0.2, 0.25) is 0 Å². The Balaban J connectivity index is 2.11. The highest BCUT2D eigenvalue weighted by atomic mass is 32.1. The van der Waals surface area contributed by atoms with E-state index < -0.39 is 17.5 Å². The lowest BCUT2D eigenvalue weighted by Crippen LogP contribution is -2.02. The Bertz CT molecular complexity index is 701. The first-order valence-electron chi connectivity index (χ1n) is 5.96. The van der Waals surface area contributed by atoms with E-state index in [1.54, 1.807) is 23.6 Å². The molecule has 0 atom stereocenters. The van der Waals surface area contributed by atoms with Gasteiger partial charge >= 0.3 is 5.97 Å². The van der Waals surface area contributed by atoms with Crippen molar-refractivity contribution in [2.75, 3.05) is 0 Å². The van der Waals surface area contributed by atoms with Crippen LogP contribution in [0.5, 0.6) is 0 Å². The molecule has 0 unspecified atom stereocenters. The maximum Gasteiger partial charge on any atom is 0.371 e. The molecule has 0 bridgehead atoms. The molecule has 21 heavy (non-hydrogen) atoms. The largest absolute Gasteiger partial charge is 0.502 e. The summed E-state index contributed by atoms with van der Waals surface area (Å²) in [6, 6.07) is 7.67. The number of carbonyl (C=O) groups is 2. The molecule has 0 amide bonds. The first kappa shape index (κ1) is 14.9. The summed E-state index contributed by atoms with van der Waals surface area (Å²) in [4.78, 5) is 22.5. The third kappa shape index (κ3) is 4.00. The van der Waals surface area contributed by atoms with Gasteiger partial charge in [0.1, 0.15) is 5.82 Å². The number of thiophene rings is 1. The lowest BCUT2D eigenvalue weighted by atomic mass is 10.1. The monoisotopic (exact) mass is 306 g/mol. The number of aliphatic hydroxyl groups excluding tert-OH is 1. The Labute approximate surface area is 123 Å². The van der Waals surface area contributed by atoms with Crippen LogP contribution < -0.4 is 0 Å². The highest BCUT2D eigenvalue weighted by Crippen LogP contribution is 2.19. The van der Waals surface area contributed by atoms with E-state index in [4.69, 9.17) is 10.2 Å².